The fraction of sp³-hybridized carbons (Fsp3) is 0.500. The van der Waals surface area contributed by atoms with Gasteiger partial charge in [0.25, 0.3) is 0 Å². The monoisotopic (exact) mass is 216 g/mol. The van der Waals surface area contributed by atoms with Crippen LogP contribution in [0.1, 0.15) is 19.3 Å². The molecule has 0 aliphatic carbocycles. The van der Waals surface area contributed by atoms with Crippen LogP contribution in [0, 0.1) is 5.92 Å². The minimum absolute atomic E-state index is 0. The van der Waals surface area contributed by atoms with Crippen LogP contribution in [0.4, 0.5) is 0 Å². The molecule has 0 saturated heterocycles. The summed E-state index contributed by atoms with van der Waals surface area (Å²) < 4.78 is 0. The third kappa shape index (κ3) is 10.8. The van der Waals surface area contributed by atoms with E-state index in [1.54, 1.807) is 0 Å². The molecule has 4 nitrogen and oxygen atoms in total. The van der Waals surface area contributed by atoms with Gasteiger partial charge in [0.1, 0.15) is 0 Å². The summed E-state index contributed by atoms with van der Waals surface area (Å²) in [7, 11) is 0. The third-order valence-electron chi connectivity index (χ3n) is 1.48. The van der Waals surface area contributed by atoms with Gasteiger partial charge in [0.15, 0.2) is 0 Å². The van der Waals surface area contributed by atoms with E-state index in [2.05, 4.69) is 6.58 Å². The summed E-state index contributed by atoms with van der Waals surface area (Å²) in [6, 6.07) is 0. The second-order valence-corrected chi connectivity index (χ2v) is 2.45. The largest absolute Gasteiger partial charge is 1.00 e. The van der Waals surface area contributed by atoms with Gasteiger partial charge in [-0.05, 0) is 19.3 Å². The molecule has 0 amide bonds. The molecule has 0 aliphatic rings. The van der Waals surface area contributed by atoms with E-state index < -0.39 is 17.9 Å². The Morgan fingerprint density at radius 3 is 2.07 bits per heavy atom. The molecule has 0 aromatic carbocycles. The Bertz CT molecular complexity index is 194. The molecule has 6 heteroatoms. The average Bonchev–Trinajstić information content (AvgIpc) is 1.96. The molecule has 0 rings (SSSR count). The van der Waals surface area contributed by atoms with E-state index in [1.807, 2.05) is 0 Å². The summed E-state index contributed by atoms with van der Waals surface area (Å²) in [6.45, 7) is 3.36. The van der Waals surface area contributed by atoms with Gasteiger partial charge in [0.05, 0.1) is 0 Å². The Morgan fingerprint density at radius 2 is 1.79 bits per heavy atom. The van der Waals surface area contributed by atoms with E-state index in [0.717, 1.165) is 0 Å². The number of rotatable bonds is 6. The standard InChI is InChI=1S/C8H12O4.2Na/c1-2-3-6(8(11)12)4-5-7(9)10;;/h2,6H,1,3-5H2,(H,9,10)(H,11,12);;/q;2*+1/p-2. The number of hydrogen-bond donors (Lipinski definition) is 0. The van der Waals surface area contributed by atoms with Gasteiger partial charge in [-0.25, -0.2) is 0 Å². The first-order valence-electron chi connectivity index (χ1n) is 3.59. The Kier molecular flexibility index (Phi) is 16.9. The SMILES string of the molecule is C=CCC(CCC(=O)[O-])C(=O)[O-].[Na+].[Na+]. The molecule has 0 radical (unpaired) electrons. The van der Waals surface area contributed by atoms with Gasteiger partial charge in [0.2, 0.25) is 0 Å². The van der Waals surface area contributed by atoms with E-state index in [4.69, 9.17) is 0 Å². The van der Waals surface area contributed by atoms with Crippen LogP contribution in [0.3, 0.4) is 0 Å². The van der Waals surface area contributed by atoms with E-state index in [1.165, 1.54) is 6.08 Å². The fourth-order valence-corrected chi connectivity index (χ4v) is 0.825. The van der Waals surface area contributed by atoms with Crippen molar-refractivity contribution in [1.82, 2.24) is 0 Å². The second kappa shape index (κ2) is 11.8. The average molecular weight is 216 g/mol. The van der Waals surface area contributed by atoms with Gasteiger partial charge in [0, 0.05) is 17.9 Å². The number of carboxylic acid groups (broad SMARTS) is 2. The molecule has 0 N–H and O–H groups in total. The maximum atomic E-state index is 10.3. The zero-order valence-corrected chi connectivity index (χ0v) is 12.6. The minimum Gasteiger partial charge on any atom is -0.550 e. The predicted octanol–water partition coefficient (Wildman–Crippen LogP) is -7.53. The molecule has 0 spiro atoms. The normalized spacial score (nSPS) is 10.3. The van der Waals surface area contributed by atoms with Gasteiger partial charge in [-0.15, -0.1) is 6.58 Å². The van der Waals surface area contributed by atoms with Crippen molar-refractivity contribution in [2.24, 2.45) is 5.92 Å². The van der Waals surface area contributed by atoms with Gasteiger partial charge in [-0.2, -0.15) is 0 Å². The van der Waals surface area contributed by atoms with Crippen LogP contribution in [-0.4, -0.2) is 11.9 Å². The zero-order valence-electron chi connectivity index (χ0n) is 8.62. The molecule has 0 aliphatic heterocycles. The van der Waals surface area contributed by atoms with Crippen LogP contribution in [0.25, 0.3) is 0 Å². The van der Waals surface area contributed by atoms with E-state index in [0.29, 0.717) is 0 Å². The van der Waals surface area contributed by atoms with Crippen molar-refractivity contribution < 1.29 is 78.9 Å². The third-order valence-corrected chi connectivity index (χ3v) is 1.48. The molecule has 14 heavy (non-hydrogen) atoms. The van der Waals surface area contributed by atoms with Crippen LogP contribution in [0.5, 0.6) is 0 Å². The summed E-state index contributed by atoms with van der Waals surface area (Å²) in [6.07, 6.45) is 1.44. The summed E-state index contributed by atoms with van der Waals surface area (Å²) in [5.74, 6) is -3.25. The number of aliphatic carboxylic acids is 2. The van der Waals surface area contributed by atoms with Gasteiger partial charge >= 0.3 is 59.1 Å². The summed E-state index contributed by atoms with van der Waals surface area (Å²) in [5.41, 5.74) is 0. The smallest absolute Gasteiger partial charge is 0.550 e. The fourth-order valence-electron chi connectivity index (χ4n) is 0.825. The molecule has 0 aromatic rings. The Balaban J connectivity index is -0.000000605. The second-order valence-electron chi connectivity index (χ2n) is 2.45. The van der Waals surface area contributed by atoms with Crippen molar-refractivity contribution in [3.8, 4) is 0 Å². The first-order valence-corrected chi connectivity index (χ1v) is 3.59. The van der Waals surface area contributed by atoms with E-state index >= 15 is 0 Å². The molecule has 0 bridgehead atoms. The zero-order chi connectivity index (χ0) is 9.56. The molecule has 0 fully saturated rings. The maximum Gasteiger partial charge on any atom is 1.00 e. The van der Waals surface area contributed by atoms with Crippen LogP contribution in [0.2, 0.25) is 0 Å². The molecule has 1 unspecified atom stereocenters. The van der Waals surface area contributed by atoms with Gasteiger partial charge in [-0.1, -0.05) is 6.08 Å². The Labute approximate surface area is 127 Å². The minimum atomic E-state index is -1.25. The number of carbonyl (C=O) groups excluding carboxylic acids is 2. The predicted molar refractivity (Wildman–Crippen MR) is 37.6 cm³/mol. The van der Waals surface area contributed by atoms with Crippen LogP contribution >= 0.6 is 0 Å². The Hall–Kier alpha value is 0.680. The van der Waals surface area contributed by atoms with E-state index in [9.17, 15) is 19.8 Å². The maximum absolute atomic E-state index is 10.3. The van der Waals surface area contributed by atoms with E-state index in [-0.39, 0.29) is 78.4 Å². The summed E-state index contributed by atoms with van der Waals surface area (Å²) in [5, 5.41) is 20.3. The Morgan fingerprint density at radius 1 is 1.29 bits per heavy atom. The topological polar surface area (TPSA) is 80.3 Å². The quantitative estimate of drug-likeness (QED) is 0.326. The number of carbonyl (C=O) groups is 2. The molecule has 68 valence electrons. The van der Waals surface area contributed by atoms with Gasteiger partial charge in [-0.3, -0.25) is 0 Å². The number of allylic oxidation sites excluding steroid dienone is 1. The number of carboxylic acids is 2. The van der Waals surface area contributed by atoms with Crippen LogP contribution in [-0.2, 0) is 9.59 Å². The van der Waals surface area contributed by atoms with Crippen molar-refractivity contribution in [3.05, 3.63) is 12.7 Å². The summed E-state index contributed by atoms with van der Waals surface area (Å²) >= 11 is 0. The van der Waals surface area contributed by atoms with Crippen molar-refractivity contribution >= 4 is 11.9 Å². The summed E-state index contributed by atoms with van der Waals surface area (Å²) in [4.78, 5) is 20.3. The first kappa shape index (κ1) is 20.1. The number of hydrogen-bond acceptors (Lipinski definition) is 4. The molecular weight excluding hydrogens is 206 g/mol. The van der Waals surface area contributed by atoms with Crippen LogP contribution in [0.15, 0.2) is 12.7 Å². The molecular formula is C8H10Na2O4. The first-order chi connectivity index (χ1) is 5.57. The molecule has 0 heterocycles. The van der Waals surface area contributed by atoms with Crippen molar-refractivity contribution in [2.45, 2.75) is 19.3 Å². The van der Waals surface area contributed by atoms with Crippen molar-refractivity contribution in [2.75, 3.05) is 0 Å². The van der Waals surface area contributed by atoms with Crippen molar-refractivity contribution in [1.29, 1.82) is 0 Å². The molecule has 0 aromatic heterocycles. The molecule has 1 atom stereocenters. The molecule has 0 saturated carbocycles. The van der Waals surface area contributed by atoms with Gasteiger partial charge < -0.3 is 19.8 Å². The van der Waals surface area contributed by atoms with Crippen LogP contribution < -0.4 is 69.3 Å². The van der Waals surface area contributed by atoms with Crippen molar-refractivity contribution in [3.63, 3.8) is 0 Å².